The average Bonchev–Trinajstić information content (AvgIpc) is 2.43. The Balaban J connectivity index is 2.33. The Morgan fingerprint density at radius 3 is 2.67 bits per heavy atom. The van der Waals surface area contributed by atoms with Gasteiger partial charge in [-0.15, -0.1) is 0 Å². The number of likely N-dealkylation sites (tertiary alicyclic amines) is 1. The smallest absolute Gasteiger partial charge is 0.285 e. The fraction of sp³-hybridized carbons (Fsp3) is 0.500. The van der Waals surface area contributed by atoms with Crippen LogP contribution < -0.4 is 4.74 Å². The number of β-amino-alcohol motifs (C(OH)–C–C–N with tert-alkyl or cyclic N) is 1. The van der Waals surface area contributed by atoms with Crippen LogP contribution in [0.4, 0.5) is 5.69 Å². The average molecular weight is 294 g/mol. The Hall–Kier alpha value is -2.15. The van der Waals surface area contributed by atoms with Gasteiger partial charge in [0.2, 0.25) is 0 Å². The van der Waals surface area contributed by atoms with E-state index in [2.05, 4.69) is 0 Å². The van der Waals surface area contributed by atoms with E-state index in [4.69, 9.17) is 4.74 Å². The van der Waals surface area contributed by atoms with Gasteiger partial charge in [-0.25, -0.2) is 0 Å². The van der Waals surface area contributed by atoms with E-state index in [9.17, 15) is 20.0 Å². The standard InChI is InChI=1S/C14H18N2O5/c1-3-14(18)8-15(9-14)13(17)12-10(16(19)20)6-5-7-11(12)21-4-2/h5-7,18H,3-4,8-9H2,1-2H3. The van der Waals surface area contributed by atoms with Gasteiger partial charge in [-0.05, 0) is 19.4 Å². The third kappa shape index (κ3) is 2.82. The van der Waals surface area contributed by atoms with Crippen molar-refractivity contribution in [3.05, 3.63) is 33.9 Å². The number of hydrogen-bond donors (Lipinski definition) is 1. The Bertz CT molecular complexity index is 566. The molecule has 1 saturated heterocycles. The second kappa shape index (κ2) is 5.69. The molecule has 0 spiro atoms. The summed E-state index contributed by atoms with van der Waals surface area (Å²) >= 11 is 0. The van der Waals surface area contributed by atoms with E-state index >= 15 is 0 Å². The molecular formula is C14H18N2O5. The molecule has 0 aromatic heterocycles. The number of carbonyl (C=O) groups excluding carboxylic acids is 1. The molecule has 1 heterocycles. The third-order valence-electron chi connectivity index (χ3n) is 3.63. The summed E-state index contributed by atoms with van der Waals surface area (Å²) < 4.78 is 5.33. The van der Waals surface area contributed by atoms with Crippen molar-refractivity contribution in [3.63, 3.8) is 0 Å². The van der Waals surface area contributed by atoms with Gasteiger partial charge in [-0.1, -0.05) is 13.0 Å². The molecule has 0 aliphatic carbocycles. The molecule has 1 aromatic rings. The highest BCUT2D eigenvalue weighted by Crippen LogP contribution is 2.33. The number of carbonyl (C=O) groups is 1. The van der Waals surface area contributed by atoms with Gasteiger partial charge in [-0.2, -0.15) is 0 Å². The maximum Gasteiger partial charge on any atom is 0.285 e. The highest BCUT2D eigenvalue weighted by atomic mass is 16.6. The first kappa shape index (κ1) is 15.2. The number of nitro benzene ring substituents is 1. The summed E-state index contributed by atoms with van der Waals surface area (Å²) in [5, 5.41) is 21.1. The fourth-order valence-electron chi connectivity index (χ4n) is 2.35. The number of amides is 1. The second-order valence-electron chi connectivity index (χ2n) is 5.08. The SMILES string of the molecule is CCOc1cccc([N+](=O)[O-])c1C(=O)N1CC(O)(CC)C1. The van der Waals surface area contributed by atoms with Crippen LogP contribution in [0.3, 0.4) is 0 Å². The van der Waals surface area contributed by atoms with Crippen molar-refractivity contribution < 1.29 is 19.6 Å². The predicted octanol–water partition coefficient (Wildman–Crippen LogP) is 1.59. The van der Waals surface area contributed by atoms with Crippen molar-refractivity contribution in [2.75, 3.05) is 19.7 Å². The van der Waals surface area contributed by atoms with Crippen molar-refractivity contribution >= 4 is 11.6 Å². The lowest BCUT2D eigenvalue weighted by atomic mass is 9.90. The fourth-order valence-corrected chi connectivity index (χ4v) is 2.35. The van der Waals surface area contributed by atoms with Crippen molar-refractivity contribution in [3.8, 4) is 5.75 Å². The molecule has 1 N–H and O–H groups in total. The molecule has 0 radical (unpaired) electrons. The number of aliphatic hydroxyl groups is 1. The zero-order chi connectivity index (χ0) is 15.6. The zero-order valence-electron chi connectivity index (χ0n) is 12.0. The van der Waals surface area contributed by atoms with Crippen LogP contribution in [0.15, 0.2) is 18.2 Å². The second-order valence-corrected chi connectivity index (χ2v) is 5.08. The Kier molecular flexibility index (Phi) is 4.13. The molecule has 2 rings (SSSR count). The summed E-state index contributed by atoms with van der Waals surface area (Å²) in [5.41, 5.74) is -1.22. The molecule has 0 bridgehead atoms. The van der Waals surface area contributed by atoms with E-state index in [-0.39, 0.29) is 30.1 Å². The van der Waals surface area contributed by atoms with Gasteiger partial charge < -0.3 is 14.7 Å². The molecule has 21 heavy (non-hydrogen) atoms. The number of ether oxygens (including phenoxy) is 1. The van der Waals surface area contributed by atoms with Crippen molar-refractivity contribution in [1.29, 1.82) is 0 Å². The Morgan fingerprint density at radius 2 is 2.14 bits per heavy atom. The molecule has 0 saturated carbocycles. The van der Waals surface area contributed by atoms with Crippen LogP contribution in [0.1, 0.15) is 30.6 Å². The highest BCUT2D eigenvalue weighted by Gasteiger charge is 2.44. The van der Waals surface area contributed by atoms with Crippen molar-refractivity contribution in [2.45, 2.75) is 25.9 Å². The van der Waals surface area contributed by atoms with Crippen LogP contribution in [0, 0.1) is 10.1 Å². The van der Waals surface area contributed by atoms with Gasteiger partial charge in [0, 0.05) is 6.07 Å². The first-order chi connectivity index (χ1) is 9.91. The third-order valence-corrected chi connectivity index (χ3v) is 3.63. The monoisotopic (exact) mass is 294 g/mol. The quantitative estimate of drug-likeness (QED) is 0.657. The molecule has 7 nitrogen and oxygen atoms in total. The molecule has 0 unspecified atom stereocenters. The van der Waals surface area contributed by atoms with Gasteiger partial charge in [0.1, 0.15) is 5.75 Å². The van der Waals surface area contributed by atoms with E-state index in [1.54, 1.807) is 6.92 Å². The number of rotatable bonds is 5. The summed E-state index contributed by atoms with van der Waals surface area (Å²) in [6.45, 7) is 4.24. The molecule has 0 atom stereocenters. The van der Waals surface area contributed by atoms with Crippen LogP contribution >= 0.6 is 0 Å². The van der Waals surface area contributed by atoms with Crippen LogP contribution in [-0.4, -0.2) is 46.1 Å². The molecule has 114 valence electrons. The van der Waals surface area contributed by atoms with Crippen LogP contribution in [0.2, 0.25) is 0 Å². The van der Waals surface area contributed by atoms with Gasteiger partial charge in [-0.3, -0.25) is 14.9 Å². The summed E-state index contributed by atoms with van der Waals surface area (Å²) in [4.78, 5) is 24.4. The largest absolute Gasteiger partial charge is 0.493 e. The van der Waals surface area contributed by atoms with Gasteiger partial charge >= 0.3 is 0 Å². The number of nitro groups is 1. The van der Waals surface area contributed by atoms with Crippen LogP contribution in [-0.2, 0) is 0 Å². The minimum Gasteiger partial charge on any atom is -0.493 e. The highest BCUT2D eigenvalue weighted by molar-refractivity contribution is 6.01. The van der Waals surface area contributed by atoms with Crippen molar-refractivity contribution in [2.24, 2.45) is 0 Å². The minimum absolute atomic E-state index is 0.0532. The lowest BCUT2D eigenvalue weighted by Crippen LogP contribution is -2.63. The molecular weight excluding hydrogens is 276 g/mol. The molecule has 1 amide bonds. The molecule has 1 aromatic carbocycles. The van der Waals surface area contributed by atoms with E-state index in [1.807, 2.05) is 6.92 Å². The van der Waals surface area contributed by atoms with Crippen molar-refractivity contribution in [1.82, 2.24) is 4.90 Å². The molecule has 7 heteroatoms. The summed E-state index contributed by atoms with van der Waals surface area (Å²) in [6, 6.07) is 4.30. The molecule has 1 aliphatic heterocycles. The van der Waals surface area contributed by atoms with E-state index in [0.717, 1.165) is 0 Å². The number of benzene rings is 1. The first-order valence-electron chi connectivity index (χ1n) is 6.83. The van der Waals surface area contributed by atoms with Crippen LogP contribution in [0.5, 0.6) is 5.75 Å². The van der Waals surface area contributed by atoms with Gasteiger partial charge in [0.05, 0.1) is 30.2 Å². The molecule has 1 aliphatic rings. The summed E-state index contributed by atoms with van der Waals surface area (Å²) in [5.74, 6) is -0.285. The van der Waals surface area contributed by atoms with E-state index < -0.39 is 16.4 Å². The maximum absolute atomic E-state index is 12.5. The maximum atomic E-state index is 12.5. The summed E-state index contributed by atoms with van der Waals surface area (Å²) in [6.07, 6.45) is 0.534. The lowest BCUT2D eigenvalue weighted by Gasteiger charge is -2.46. The number of hydrogen-bond acceptors (Lipinski definition) is 5. The first-order valence-corrected chi connectivity index (χ1v) is 6.83. The van der Waals surface area contributed by atoms with Gasteiger partial charge in [0.25, 0.3) is 11.6 Å². The van der Waals surface area contributed by atoms with Crippen LogP contribution in [0.25, 0.3) is 0 Å². The summed E-state index contributed by atoms with van der Waals surface area (Å²) in [7, 11) is 0. The Labute approximate surface area is 122 Å². The topological polar surface area (TPSA) is 92.9 Å². The predicted molar refractivity (Wildman–Crippen MR) is 75.4 cm³/mol. The van der Waals surface area contributed by atoms with E-state index in [0.29, 0.717) is 13.0 Å². The van der Waals surface area contributed by atoms with Gasteiger partial charge in [0.15, 0.2) is 5.56 Å². The van der Waals surface area contributed by atoms with E-state index in [1.165, 1.54) is 23.1 Å². The minimum atomic E-state index is -0.884. The normalized spacial score (nSPS) is 16.2. The zero-order valence-corrected chi connectivity index (χ0v) is 12.0. The number of nitrogens with zero attached hydrogens (tertiary/aromatic N) is 2. The molecule has 1 fully saturated rings. The lowest BCUT2D eigenvalue weighted by molar-refractivity contribution is -0.385. The Morgan fingerprint density at radius 1 is 1.48 bits per heavy atom.